The Kier molecular flexibility index (Phi) is 5.49. The van der Waals surface area contributed by atoms with Gasteiger partial charge in [0, 0.05) is 0 Å². The van der Waals surface area contributed by atoms with E-state index in [1.165, 1.54) is 0 Å². The van der Waals surface area contributed by atoms with Gasteiger partial charge in [0.05, 0.1) is 17.8 Å². The summed E-state index contributed by atoms with van der Waals surface area (Å²) in [7, 11) is 0. The molecule has 1 fully saturated rings. The number of esters is 1. The van der Waals surface area contributed by atoms with Gasteiger partial charge in [-0.3, -0.25) is 0 Å². The number of hydrogen-bond acceptors (Lipinski definition) is 4. The summed E-state index contributed by atoms with van der Waals surface area (Å²) in [6.45, 7) is 0.266. The quantitative estimate of drug-likeness (QED) is 0.851. The van der Waals surface area contributed by atoms with Crippen molar-refractivity contribution in [3.05, 3.63) is 65.7 Å². The van der Waals surface area contributed by atoms with Gasteiger partial charge in [0.1, 0.15) is 12.4 Å². The molecule has 0 aliphatic heterocycles. The van der Waals surface area contributed by atoms with Gasteiger partial charge in [-0.15, -0.1) is 0 Å². The van der Waals surface area contributed by atoms with Crippen LogP contribution in [-0.4, -0.2) is 23.3 Å². The van der Waals surface area contributed by atoms with Gasteiger partial charge in [-0.25, -0.2) is 4.79 Å². The molecule has 24 heavy (non-hydrogen) atoms. The zero-order valence-electron chi connectivity index (χ0n) is 13.6. The highest BCUT2D eigenvalue weighted by molar-refractivity contribution is 5.89. The van der Waals surface area contributed by atoms with Crippen LogP contribution in [0.4, 0.5) is 0 Å². The molecular weight excluding hydrogens is 304 g/mol. The molecule has 1 saturated carbocycles. The first-order chi connectivity index (χ1) is 11.7. The number of rotatable bonds is 5. The monoisotopic (exact) mass is 326 g/mol. The lowest BCUT2D eigenvalue weighted by Crippen LogP contribution is -2.26. The van der Waals surface area contributed by atoms with Crippen LogP contribution in [0.15, 0.2) is 54.6 Å². The minimum atomic E-state index is -0.341. The molecule has 0 heterocycles. The van der Waals surface area contributed by atoms with E-state index in [2.05, 4.69) is 0 Å². The average Bonchev–Trinajstić information content (AvgIpc) is 2.63. The SMILES string of the molecule is O=C(OCc1ccccc1)c1ccc(OC2CCC(O)CC2)cc1. The van der Waals surface area contributed by atoms with E-state index in [4.69, 9.17) is 9.47 Å². The second-order valence-corrected chi connectivity index (χ2v) is 6.13. The van der Waals surface area contributed by atoms with Crippen molar-refractivity contribution in [1.82, 2.24) is 0 Å². The third-order valence-electron chi connectivity index (χ3n) is 4.25. The van der Waals surface area contributed by atoms with Crippen molar-refractivity contribution < 1.29 is 19.4 Å². The molecule has 0 radical (unpaired) electrons. The van der Waals surface area contributed by atoms with Gasteiger partial charge in [0.15, 0.2) is 0 Å². The van der Waals surface area contributed by atoms with Crippen LogP contribution in [0.2, 0.25) is 0 Å². The Morgan fingerprint density at radius 2 is 1.62 bits per heavy atom. The molecule has 0 unspecified atom stereocenters. The maximum atomic E-state index is 12.1. The maximum Gasteiger partial charge on any atom is 0.338 e. The molecule has 0 saturated heterocycles. The average molecular weight is 326 g/mol. The lowest BCUT2D eigenvalue weighted by atomic mass is 9.95. The third kappa shape index (κ3) is 4.59. The maximum absolute atomic E-state index is 12.1. The van der Waals surface area contributed by atoms with Crippen molar-refractivity contribution >= 4 is 5.97 Å². The molecule has 1 N–H and O–H groups in total. The van der Waals surface area contributed by atoms with Crippen molar-refractivity contribution in [2.24, 2.45) is 0 Å². The van der Waals surface area contributed by atoms with E-state index in [-0.39, 0.29) is 24.8 Å². The van der Waals surface area contributed by atoms with E-state index in [9.17, 15) is 9.90 Å². The summed E-state index contributed by atoms with van der Waals surface area (Å²) in [6.07, 6.45) is 3.25. The topological polar surface area (TPSA) is 55.8 Å². The molecule has 0 amide bonds. The van der Waals surface area contributed by atoms with E-state index in [0.717, 1.165) is 37.0 Å². The van der Waals surface area contributed by atoms with E-state index in [1.54, 1.807) is 24.3 Å². The van der Waals surface area contributed by atoms with Crippen LogP contribution in [0.25, 0.3) is 0 Å². The highest BCUT2D eigenvalue weighted by atomic mass is 16.5. The predicted molar refractivity (Wildman–Crippen MR) is 90.9 cm³/mol. The van der Waals surface area contributed by atoms with Gasteiger partial charge in [-0.05, 0) is 55.5 Å². The number of aliphatic hydroxyl groups is 1. The van der Waals surface area contributed by atoms with Gasteiger partial charge in [0.25, 0.3) is 0 Å². The Hall–Kier alpha value is -2.33. The Balaban J connectivity index is 1.51. The minimum Gasteiger partial charge on any atom is -0.490 e. The summed E-state index contributed by atoms with van der Waals surface area (Å²) < 4.78 is 11.2. The number of carbonyl (C=O) groups excluding carboxylic acids is 1. The lowest BCUT2D eigenvalue weighted by Gasteiger charge is -2.26. The van der Waals surface area contributed by atoms with Crippen LogP contribution in [0.1, 0.15) is 41.6 Å². The molecule has 4 heteroatoms. The van der Waals surface area contributed by atoms with Crippen molar-refractivity contribution in [1.29, 1.82) is 0 Å². The van der Waals surface area contributed by atoms with Crippen LogP contribution in [0.5, 0.6) is 5.75 Å². The molecule has 3 rings (SSSR count). The molecule has 2 aromatic rings. The number of hydrogen-bond donors (Lipinski definition) is 1. The minimum absolute atomic E-state index is 0.143. The highest BCUT2D eigenvalue weighted by Gasteiger charge is 2.20. The first-order valence-electron chi connectivity index (χ1n) is 8.36. The zero-order chi connectivity index (χ0) is 16.8. The normalized spacial score (nSPS) is 20.4. The molecule has 0 spiro atoms. The van der Waals surface area contributed by atoms with Crippen molar-refractivity contribution in [3.8, 4) is 5.75 Å². The molecule has 0 atom stereocenters. The Bertz CT molecular complexity index is 643. The molecular formula is C20H22O4. The lowest BCUT2D eigenvalue weighted by molar-refractivity contribution is 0.0472. The highest BCUT2D eigenvalue weighted by Crippen LogP contribution is 2.24. The molecule has 2 aromatic carbocycles. The summed E-state index contributed by atoms with van der Waals surface area (Å²) in [4.78, 5) is 12.1. The largest absolute Gasteiger partial charge is 0.490 e. The van der Waals surface area contributed by atoms with Gasteiger partial charge in [0.2, 0.25) is 0 Å². The molecule has 1 aliphatic rings. The molecule has 126 valence electrons. The first kappa shape index (κ1) is 16.5. The fourth-order valence-corrected chi connectivity index (χ4v) is 2.83. The summed E-state index contributed by atoms with van der Waals surface area (Å²) in [6, 6.07) is 16.6. The molecule has 0 bridgehead atoms. The summed E-state index contributed by atoms with van der Waals surface area (Å²) in [5, 5.41) is 9.52. The molecule has 4 nitrogen and oxygen atoms in total. The number of ether oxygens (including phenoxy) is 2. The van der Waals surface area contributed by atoms with Gasteiger partial charge in [-0.1, -0.05) is 30.3 Å². The van der Waals surface area contributed by atoms with E-state index in [0.29, 0.717) is 5.56 Å². The van der Waals surface area contributed by atoms with Crippen molar-refractivity contribution in [3.63, 3.8) is 0 Å². The predicted octanol–water partition coefficient (Wildman–Crippen LogP) is 3.73. The molecule has 0 aromatic heterocycles. The summed E-state index contributed by atoms with van der Waals surface area (Å²) in [5.74, 6) is 0.405. The van der Waals surface area contributed by atoms with E-state index < -0.39 is 0 Å². The smallest absolute Gasteiger partial charge is 0.338 e. The van der Waals surface area contributed by atoms with Gasteiger partial charge < -0.3 is 14.6 Å². The van der Waals surface area contributed by atoms with Crippen LogP contribution in [0, 0.1) is 0 Å². The van der Waals surface area contributed by atoms with Crippen LogP contribution in [-0.2, 0) is 11.3 Å². The fraction of sp³-hybridized carbons (Fsp3) is 0.350. The summed E-state index contributed by atoms with van der Waals surface area (Å²) >= 11 is 0. The van der Waals surface area contributed by atoms with Gasteiger partial charge in [-0.2, -0.15) is 0 Å². The first-order valence-corrected chi connectivity index (χ1v) is 8.36. The van der Waals surface area contributed by atoms with Crippen LogP contribution < -0.4 is 4.74 Å². The summed E-state index contributed by atoms with van der Waals surface area (Å²) in [5.41, 5.74) is 1.47. The second kappa shape index (κ2) is 7.97. The number of benzene rings is 2. The Morgan fingerprint density at radius 3 is 2.29 bits per heavy atom. The second-order valence-electron chi connectivity index (χ2n) is 6.13. The number of aliphatic hydroxyl groups excluding tert-OH is 1. The Labute approximate surface area is 142 Å². The van der Waals surface area contributed by atoms with E-state index >= 15 is 0 Å². The van der Waals surface area contributed by atoms with Crippen molar-refractivity contribution in [2.75, 3.05) is 0 Å². The number of carbonyl (C=O) groups is 1. The van der Waals surface area contributed by atoms with Crippen molar-refractivity contribution in [2.45, 2.75) is 44.5 Å². The third-order valence-corrected chi connectivity index (χ3v) is 4.25. The standard InChI is InChI=1S/C20H22O4/c21-17-8-12-19(13-9-17)24-18-10-6-16(7-11-18)20(22)23-14-15-4-2-1-3-5-15/h1-7,10-11,17,19,21H,8-9,12-14H2. The van der Waals surface area contributed by atoms with Crippen LogP contribution >= 0.6 is 0 Å². The molecule has 1 aliphatic carbocycles. The Morgan fingerprint density at radius 1 is 0.958 bits per heavy atom. The van der Waals surface area contributed by atoms with Crippen LogP contribution in [0.3, 0.4) is 0 Å². The zero-order valence-corrected chi connectivity index (χ0v) is 13.6. The fourth-order valence-electron chi connectivity index (χ4n) is 2.83. The van der Waals surface area contributed by atoms with Gasteiger partial charge >= 0.3 is 5.97 Å². The van der Waals surface area contributed by atoms with E-state index in [1.807, 2.05) is 30.3 Å².